The minimum absolute atomic E-state index is 0.0245. The molecule has 2 saturated heterocycles. The summed E-state index contributed by atoms with van der Waals surface area (Å²) in [5.41, 5.74) is 0.00603. The zero-order chi connectivity index (χ0) is 32.6. The maximum atomic E-state index is 14.1. The van der Waals surface area contributed by atoms with Crippen LogP contribution in [-0.4, -0.2) is 95.2 Å². The molecule has 246 valence electrons. The zero-order valence-electron chi connectivity index (χ0n) is 29.0. The minimum Gasteiger partial charge on any atom is -0.354 e. The molecule has 0 aliphatic carbocycles. The number of nitrogens with one attached hydrogen (secondary N) is 2. The highest BCUT2D eigenvalue weighted by atomic mass is 16.2. The first-order valence-corrected chi connectivity index (χ1v) is 16.6. The fraction of sp³-hybridized carbons (Fsp3) is 0.824. The van der Waals surface area contributed by atoms with Crippen molar-refractivity contribution in [1.82, 2.24) is 25.3 Å². The second-order valence-electron chi connectivity index (χ2n) is 14.8. The second kappa shape index (κ2) is 16.1. The summed E-state index contributed by atoms with van der Waals surface area (Å²) in [7, 11) is 1.76. The normalized spacial score (nSPS) is 21.7. The Morgan fingerprint density at radius 1 is 0.907 bits per heavy atom. The number of likely N-dealkylation sites (N-methyl/N-ethyl adjacent to an activating group) is 1. The average molecular weight is 604 g/mol. The van der Waals surface area contributed by atoms with E-state index in [1.807, 2.05) is 40.7 Å². The van der Waals surface area contributed by atoms with Crippen molar-refractivity contribution in [3.63, 3.8) is 0 Å². The first-order valence-electron chi connectivity index (χ1n) is 16.6. The molecule has 0 aromatic rings. The monoisotopic (exact) mass is 603 g/mol. The minimum atomic E-state index is -0.718. The van der Waals surface area contributed by atoms with Gasteiger partial charge in [-0.3, -0.25) is 24.1 Å². The molecule has 43 heavy (non-hydrogen) atoms. The third kappa shape index (κ3) is 10.0. The molecule has 2 aliphatic heterocycles. The van der Waals surface area contributed by atoms with Gasteiger partial charge in [0.1, 0.15) is 12.1 Å². The van der Waals surface area contributed by atoms with E-state index in [1.165, 1.54) is 0 Å². The smallest absolute Gasteiger partial charge is 0.249 e. The third-order valence-electron chi connectivity index (χ3n) is 8.98. The van der Waals surface area contributed by atoms with E-state index in [2.05, 4.69) is 43.2 Å². The SMILES string of the molecule is C/C(=C\C(C(C)C)N(C)C(=O)[C@@H](NC(=O)[C@H]1CCCCN1C(C)C)C(C)(C)C)C(=O)N1CCC[C@H]1C(=O)NCCC(C)C. The summed E-state index contributed by atoms with van der Waals surface area (Å²) in [4.78, 5) is 59.8. The van der Waals surface area contributed by atoms with Crippen molar-refractivity contribution in [1.29, 1.82) is 0 Å². The molecule has 0 saturated carbocycles. The van der Waals surface area contributed by atoms with E-state index in [4.69, 9.17) is 0 Å². The lowest BCUT2D eigenvalue weighted by atomic mass is 9.84. The van der Waals surface area contributed by atoms with Gasteiger partial charge in [-0.25, -0.2) is 0 Å². The van der Waals surface area contributed by atoms with Crippen molar-refractivity contribution < 1.29 is 19.2 Å². The Kier molecular flexibility index (Phi) is 13.7. The fourth-order valence-corrected chi connectivity index (χ4v) is 6.28. The van der Waals surface area contributed by atoms with Crippen molar-refractivity contribution in [2.45, 2.75) is 138 Å². The van der Waals surface area contributed by atoms with Crippen LogP contribution >= 0.6 is 0 Å². The molecular formula is C34H61N5O4. The first-order chi connectivity index (χ1) is 20.0. The number of likely N-dealkylation sites (tertiary alicyclic amines) is 2. The van der Waals surface area contributed by atoms with Gasteiger partial charge in [0.2, 0.25) is 23.6 Å². The van der Waals surface area contributed by atoms with Crippen LogP contribution in [0.25, 0.3) is 0 Å². The van der Waals surface area contributed by atoms with Crippen LogP contribution in [0, 0.1) is 17.3 Å². The van der Waals surface area contributed by atoms with Crippen LogP contribution in [0.1, 0.15) is 108 Å². The maximum absolute atomic E-state index is 14.1. The van der Waals surface area contributed by atoms with E-state index >= 15 is 0 Å². The Balaban J connectivity index is 2.22. The largest absolute Gasteiger partial charge is 0.354 e. The highest BCUT2D eigenvalue weighted by Gasteiger charge is 2.40. The number of carbonyl (C=O) groups excluding carboxylic acids is 4. The molecule has 1 unspecified atom stereocenters. The van der Waals surface area contributed by atoms with E-state index in [0.717, 1.165) is 38.6 Å². The quantitative estimate of drug-likeness (QED) is 0.323. The van der Waals surface area contributed by atoms with Gasteiger partial charge in [0.25, 0.3) is 0 Å². The van der Waals surface area contributed by atoms with Gasteiger partial charge in [-0.2, -0.15) is 0 Å². The molecule has 4 amide bonds. The second-order valence-corrected chi connectivity index (χ2v) is 14.8. The lowest BCUT2D eigenvalue weighted by molar-refractivity contribution is -0.142. The molecule has 9 nitrogen and oxygen atoms in total. The van der Waals surface area contributed by atoms with Crippen LogP contribution in [0.3, 0.4) is 0 Å². The molecule has 2 rings (SSSR count). The number of carbonyl (C=O) groups is 4. The van der Waals surface area contributed by atoms with Crippen LogP contribution in [0.5, 0.6) is 0 Å². The summed E-state index contributed by atoms with van der Waals surface area (Å²) >= 11 is 0. The van der Waals surface area contributed by atoms with Gasteiger partial charge in [-0.15, -0.1) is 0 Å². The Morgan fingerprint density at radius 2 is 1.53 bits per heavy atom. The molecule has 0 radical (unpaired) electrons. The van der Waals surface area contributed by atoms with Crippen molar-refractivity contribution in [3.8, 4) is 0 Å². The van der Waals surface area contributed by atoms with Gasteiger partial charge in [-0.1, -0.05) is 61.0 Å². The van der Waals surface area contributed by atoms with Crippen LogP contribution in [-0.2, 0) is 19.2 Å². The van der Waals surface area contributed by atoms with Gasteiger partial charge in [-0.05, 0) is 76.7 Å². The number of hydrogen-bond acceptors (Lipinski definition) is 5. The number of amides is 4. The standard InChI is InChI=1S/C34H61N5O4/c1-22(2)17-18-35-30(40)26-16-14-20-39(26)32(42)25(7)21-28(23(3)4)37(11)33(43)29(34(8,9)10)36-31(41)27-15-12-13-19-38(27)24(5)6/h21-24,26-29H,12-20H2,1-11H3,(H,35,40)(H,36,41)/b25-21+/t26-,27+,28?,29+/m0/s1. The van der Waals surface area contributed by atoms with Crippen LogP contribution < -0.4 is 10.6 Å². The van der Waals surface area contributed by atoms with E-state index in [-0.39, 0.29) is 47.7 Å². The first kappa shape index (κ1) is 36.8. The van der Waals surface area contributed by atoms with E-state index < -0.39 is 17.5 Å². The number of rotatable bonds is 12. The molecule has 2 N–H and O–H groups in total. The predicted molar refractivity (Wildman–Crippen MR) is 173 cm³/mol. The van der Waals surface area contributed by atoms with Crippen molar-refractivity contribution in [3.05, 3.63) is 11.6 Å². The summed E-state index contributed by atoms with van der Waals surface area (Å²) in [6.07, 6.45) is 7.07. The molecule has 9 heteroatoms. The van der Waals surface area contributed by atoms with Gasteiger partial charge in [0, 0.05) is 31.8 Å². The summed E-state index contributed by atoms with van der Waals surface area (Å²) in [6.45, 7) is 22.2. The Morgan fingerprint density at radius 3 is 2.09 bits per heavy atom. The maximum Gasteiger partial charge on any atom is 0.249 e. The van der Waals surface area contributed by atoms with Crippen molar-refractivity contribution in [2.75, 3.05) is 26.7 Å². The van der Waals surface area contributed by atoms with Crippen LogP contribution in [0.4, 0.5) is 0 Å². The average Bonchev–Trinajstić information content (AvgIpc) is 3.42. The van der Waals surface area contributed by atoms with Crippen LogP contribution in [0.2, 0.25) is 0 Å². The van der Waals surface area contributed by atoms with Gasteiger partial charge >= 0.3 is 0 Å². The highest BCUT2D eigenvalue weighted by Crippen LogP contribution is 2.27. The topological polar surface area (TPSA) is 102 Å². The van der Waals surface area contributed by atoms with Gasteiger partial charge in [0.15, 0.2) is 0 Å². The fourth-order valence-electron chi connectivity index (χ4n) is 6.28. The molecule has 2 fully saturated rings. The summed E-state index contributed by atoms with van der Waals surface area (Å²) in [5, 5.41) is 6.14. The van der Waals surface area contributed by atoms with Crippen molar-refractivity contribution >= 4 is 23.6 Å². The third-order valence-corrected chi connectivity index (χ3v) is 8.98. The molecule has 4 atom stereocenters. The summed E-state index contributed by atoms with van der Waals surface area (Å²) in [6, 6.07) is -1.54. The molecule has 0 spiro atoms. The van der Waals surface area contributed by atoms with Crippen molar-refractivity contribution in [2.24, 2.45) is 17.3 Å². The van der Waals surface area contributed by atoms with Gasteiger partial charge < -0.3 is 20.4 Å². The molecule has 0 aromatic carbocycles. The Hall–Kier alpha value is -2.42. The number of nitrogens with zero attached hydrogens (tertiary/aromatic N) is 3. The Bertz CT molecular complexity index is 999. The number of piperidine rings is 1. The summed E-state index contributed by atoms with van der Waals surface area (Å²) in [5.74, 6) is -0.00923. The molecule has 2 aliphatic rings. The van der Waals surface area contributed by atoms with Gasteiger partial charge in [0.05, 0.1) is 12.1 Å². The predicted octanol–water partition coefficient (Wildman–Crippen LogP) is 4.36. The summed E-state index contributed by atoms with van der Waals surface area (Å²) < 4.78 is 0. The van der Waals surface area contributed by atoms with E-state index in [9.17, 15) is 19.2 Å². The molecular weight excluding hydrogens is 542 g/mol. The molecule has 2 heterocycles. The highest BCUT2D eigenvalue weighted by molar-refractivity contribution is 5.97. The van der Waals surface area contributed by atoms with E-state index in [1.54, 1.807) is 23.8 Å². The Labute approximate surface area is 261 Å². The molecule has 0 bridgehead atoms. The lowest BCUT2D eigenvalue weighted by Gasteiger charge is -2.41. The van der Waals surface area contributed by atoms with Crippen LogP contribution in [0.15, 0.2) is 11.6 Å². The zero-order valence-corrected chi connectivity index (χ0v) is 29.0. The van der Waals surface area contributed by atoms with E-state index in [0.29, 0.717) is 31.0 Å². The lowest BCUT2D eigenvalue weighted by Crippen LogP contribution is -2.60. The number of hydrogen-bond donors (Lipinski definition) is 2. The molecule has 0 aromatic heterocycles.